The number of sulfonamides is 1. The molecule has 31 heavy (non-hydrogen) atoms. The van der Waals surface area contributed by atoms with Crippen LogP contribution >= 0.6 is 11.6 Å². The summed E-state index contributed by atoms with van der Waals surface area (Å²) in [5, 5.41) is 1.18. The first-order valence-electron chi connectivity index (χ1n) is 9.77. The number of carbonyl (C=O) groups is 1. The number of nitrogens with zero attached hydrogens (tertiary/aromatic N) is 2. The van der Waals surface area contributed by atoms with Crippen LogP contribution in [0.1, 0.15) is 24.2 Å². The van der Waals surface area contributed by atoms with Crippen LogP contribution in [0, 0.1) is 0 Å². The van der Waals surface area contributed by atoms with Gasteiger partial charge in [0.05, 0.1) is 27.7 Å². The second-order valence-electron chi connectivity index (χ2n) is 7.44. The summed E-state index contributed by atoms with van der Waals surface area (Å²) in [7, 11) is -3.69. The third kappa shape index (κ3) is 4.43. The molecule has 0 saturated carbocycles. The first-order chi connectivity index (χ1) is 14.8. The molecule has 7 nitrogen and oxygen atoms in total. The number of hydrogen-bond donors (Lipinski definition) is 0. The van der Waals surface area contributed by atoms with Gasteiger partial charge in [0.25, 0.3) is 0 Å². The second-order valence-corrected chi connectivity index (χ2v) is 9.78. The molecular formula is C22H21ClN2O5S. The first-order valence-corrected chi connectivity index (χ1v) is 11.6. The van der Waals surface area contributed by atoms with E-state index in [4.69, 9.17) is 21.1 Å². The molecule has 0 amide bonds. The average Bonchev–Trinajstić information content (AvgIpc) is 2.75. The van der Waals surface area contributed by atoms with Gasteiger partial charge < -0.3 is 9.47 Å². The number of halogens is 1. The second kappa shape index (κ2) is 8.55. The summed E-state index contributed by atoms with van der Waals surface area (Å²) in [6.45, 7) is 4.25. The number of benzene rings is 2. The number of ether oxygens (including phenoxy) is 2. The Labute approximate surface area is 185 Å². The summed E-state index contributed by atoms with van der Waals surface area (Å²) in [5.74, 6) is -0.343. The molecule has 1 aromatic heterocycles. The van der Waals surface area contributed by atoms with Gasteiger partial charge in [-0.25, -0.2) is 13.2 Å². The van der Waals surface area contributed by atoms with E-state index in [1.54, 1.807) is 30.5 Å². The summed E-state index contributed by atoms with van der Waals surface area (Å²) < 4.78 is 38.4. The van der Waals surface area contributed by atoms with E-state index >= 15 is 0 Å². The number of pyridine rings is 1. The lowest BCUT2D eigenvalue weighted by atomic mass is 10.2. The van der Waals surface area contributed by atoms with Gasteiger partial charge in [-0.2, -0.15) is 4.31 Å². The summed E-state index contributed by atoms with van der Waals surface area (Å²) in [6.07, 6.45) is 1.22. The number of morpholine rings is 1. The Bertz CT molecular complexity index is 1220. The molecule has 1 fully saturated rings. The van der Waals surface area contributed by atoms with Crippen LogP contribution in [0.25, 0.3) is 10.9 Å². The molecule has 0 bridgehead atoms. The molecule has 1 saturated heterocycles. The monoisotopic (exact) mass is 460 g/mol. The van der Waals surface area contributed by atoms with Crippen molar-refractivity contribution in [3.8, 4) is 5.75 Å². The molecule has 0 spiro atoms. The van der Waals surface area contributed by atoms with Crippen molar-refractivity contribution in [2.24, 2.45) is 0 Å². The number of hydrogen-bond acceptors (Lipinski definition) is 6. The average molecular weight is 461 g/mol. The predicted octanol–water partition coefficient (Wildman–Crippen LogP) is 3.91. The van der Waals surface area contributed by atoms with E-state index in [1.165, 1.54) is 28.6 Å². The van der Waals surface area contributed by atoms with Crippen molar-refractivity contribution in [2.75, 3.05) is 13.1 Å². The van der Waals surface area contributed by atoms with Crippen molar-refractivity contribution in [2.45, 2.75) is 31.0 Å². The van der Waals surface area contributed by atoms with Gasteiger partial charge in [-0.3, -0.25) is 4.98 Å². The lowest BCUT2D eigenvalue weighted by Gasteiger charge is -2.34. The standard InChI is InChI=1S/C22H21ClN2O5S/c1-14-12-25(13-15(2)29-14)31(27,28)17-7-5-16(6-8-17)22(26)30-20-10-9-19(23)18-4-3-11-24-21(18)20/h3-11,14-15H,12-13H2,1-2H3. The first kappa shape index (κ1) is 21.7. The summed E-state index contributed by atoms with van der Waals surface area (Å²) >= 11 is 6.18. The highest BCUT2D eigenvalue weighted by molar-refractivity contribution is 7.89. The van der Waals surface area contributed by atoms with Gasteiger partial charge in [0.2, 0.25) is 10.0 Å². The van der Waals surface area contributed by atoms with Crippen molar-refractivity contribution >= 4 is 38.5 Å². The van der Waals surface area contributed by atoms with Gasteiger partial charge in [0.15, 0.2) is 5.75 Å². The SMILES string of the molecule is CC1CN(S(=O)(=O)c2ccc(C(=O)Oc3ccc(Cl)c4cccnc34)cc2)CC(C)O1. The Kier molecular flexibility index (Phi) is 5.98. The van der Waals surface area contributed by atoms with Crippen molar-refractivity contribution in [3.05, 3.63) is 65.3 Å². The van der Waals surface area contributed by atoms with E-state index in [2.05, 4.69) is 4.98 Å². The highest BCUT2D eigenvalue weighted by Crippen LogP contribution is 2.30. The lowest BCUT2D eigenvalue weighted by Crippen LogP contribution is -2.48. The number of esters is 1. The third-order valence-corrected chi connectivity index (χ3v) is 7.17. The minimum Gasteiger partial charge on any atom is -0.421 e. The van der Waals surface area contributed by atoms with Crippen molar-refractivity contribution in [1.29, 1.82) is 0 Å². The van der Waals surface area contributed by atoms with Crippen LogP contribution in [-0.2, 0) is 14.8 Å². The Balaban J connectivity index is 1.55. The molecule has 0 N–H and O–H groups in total. The van der Waals surface area contributed by atoms with E-state index in [1.807, 2.05) is 13.8 Å². The normalized spacial score (nSPS) is 20.0. The van der Waals surface area contributed by atoms with Crippen LogP contribution in [-0.4, -0.2) is 49.0 Å². The molecule has 2 unspecified atom stereocenters. The van der Waals surface area contributed by atoms with Crippen LogP contribution in [0.15, 0.2) is 59.6 Å². The molecule has 4 rings (SSSR count). The van der Waals surface area contributed by atoms with Crippen LogP contribution < -0.4 is 4.74 Å². The Morgan fingerprint density at radius 3 is 2.45 bits per heavy atom. The summed E-state index contributed by atoms with van der Waals surface area (Å²) in [6, 6.07) is 12.4. The summed E-state index contributed by atoms with van der Waals surface area (Å²) in [5.41, 5.74) is 0.694. The van der Waals surface area contributed by atoms with E-state index in [-0.39, 0.29) is 41.5 Å². The molecule has 162 valence electrons. The quantitative estimate of drug-likeness (QED) is 0.433. The minimum absolute atomic E-state index is 0.115. The summed E-state index contributed by atoms with van der Waals surface area (Å²) in [4.78, 5) is 17.0. The molecule has 2 heterocycles. The molecule has 3 aromatic rings. The molecule has 0 radical (unpaired) electrons. The van der Waals surface area contributed by atoms with Crippen LogP contribution in [0.4, 0.5) is 0 Å². The number of aromatic nitrogens is 1. The topological polar surface area (TPSA) is 85.8 Å². The third-order valence-electron chi connectivity index (χ3n) is 5.00. The zero-order valence-electron chi connectivity index (χ0n) is 17.0. The highest BCUT2D eigenvalue weighted by atomic mass is 35.5. The van der Waals surface area contributed by atoms with Gasteiger partial charge in [-0.05, 0) is 62.4 Å². The fourth-order valence-electron chi connectivity index (χ4n) is 3.59. The van der Waals surface area contributed by atoms with E-state index < -0.39 is 16.0 Å². The van der Waals surface area contributed by atoms with Crippen molar-refractivity contribution in [3.63, 3.8) is 0 Å². The molecule has 2 atom stereocenters. The molecule has 1 aliphatic rings. The maximum atomic E-state index is 13.0. The Morgan fingerprint density at radius 1 is 1.10 bits per heavy atom. The fraction of sp³-hybridized carbons (Fsp3) is 0.273. The molecular weight excluding hydrogens is 440 g/mol. The predicted molar refractivity (Wildman–Crippen MR) is 117 cm³/mol. The zero-order chi connectivity index (χ0) is 22.2. The maximum absolute atomic E-state index is 13.0. The number of fused-ring (bicyclic) bond motifs is 1. The zero-order valence-corrected chi connectivity index (χ0v) is 18.6. The van der Waals surface area contributed by atoms with E-state index in [9.17, 15) is 13.2 Å². The number of rotatable bonds is 4. The maximum Gasteiger partial charge on any atom is 0.343 e. The van der Waals surface area contributed by atoms with Crippen LogP contribution in [0.3, 0.4) is 0 Å². The lowest BCUT2D eigenvalue weighted by molar-refractivity contribution is -0.0440. The van der Waals surface area contributed by atoms with Gasteiger partial charge in [0.1, 0.15) is 5.52 Å². The van der Waals surface area contributed by atoms with E-state index in [0.717, 1.165) is 0 Å². The van der Waals surface area contributed by atoms with Crippen LogP contribution in [0.2, 0.25) is 5.02 Å². The van der Waals surface area contributed by atoms with Gasteiger partial charge in [0, 0.05) is 24.7 Å². The minimum atomic E-state index is -3.69. The molecule has 0 aliphatic carbocycles. The Morgan fingerprint density at radius 2 is 1.77 bits per heavy atom. The Hall–Kier alpha value is -2.52. The van der Waals surface area contributed by atoms with Gasteiger partial charge in [-0.1, -0.05) is 11.6 Å². The van der Waals surface area contributed by atoms with Crippen molar-refractivity contribution < 1.29 is 22.7 Å². The van der Waals surface area contributed by atoms with Gasteiger partial charge in [-0.15, -0.1) is 0 Å². The number of carbonyl (C=O) groups excluding carboxylic acids is 1. The fourth-order valence-corrected chi connectivity index (χ4v) is 5.40. The molecule has 2 aromatic carbocycles. The highest BCUT2D eigenvalue weighted by Gasteiger charge is 2.32. The van der Waals surface area contributed by atoms with Crippen molar-refractivity contribution in [1.82, 2.24) is 9.29 Å². The largest absolute Gasteiger partial charge is 0.421 e. The molecule has 1 aliphatic heterocycles. The van der Waals surface area contributed by atoms with Gasteiger partial charge >= 0.3 is 5.97 Å². The smallest absolute Gasteiger partial charge is 0.343 e. The molecule has 9 heteroatoms. The van der Waals surface area contributed by atoms with E-state index in [0.29, 0.717) is 15.9 Å². The van der Waals surface area contributed by atoms with Crippen LogP contribution in [0.5, 0.6) is 5.75 Å².